The molecule has 0 aromatic carbocycles. The van der Waals surface area contributed by atoms with E-state index in [0.717, 1.165) is 11.8 Å². The van der Waals surface area contributed by atoms with Crippen LogP contribution < -0.4 is 16.0 Å². The van der Waals surface area contributed by atoms with E-state index in [2.05, 4.69) is 43.6 Å². The Hall–Kier alpha value is -0.120. The van der Waals surface area contributed by atoms with Crippen molar-refractivity contribution in [3.8, 4) is 0 Å². The highest BCUT2D eigenvalue weighted by Gasteiger charge is 1.96. The van der Waals surface area contributed by atoms with Crippen molar-refractivity contribution in [1.29, 1.82) is 0 Å². The number of nitrogens with one attached hydrogen (secondary N) is 3. The first-order chi connectivity index (χ1) is 14.1. The summed E-state index contributed by atoms with van der Waals surface area (Å²) in [6, 6.07) is 0. The maximum absolute atomic E-state index is 3.63. The van der Waals surface area contributed by atoms with Crippen molar-refractivity contribution in [2.45, 2.75) is 118 Å². The van der Waals surface area contributed by atoms with Gasteiger partial charge in [0.2, 0.25) is 0 Å². The van der Waals surface area contributed by atoms with Crippen LogP contribution in [0.3, 0.4) is 0 Å². The van der Waals surface area contributed by atoms with Crippen molar-refractivity contribution in [3.05, 3.63) is 0 Å². The first-order valence-corrected chi connectivity index (χ1v) is 13.2. The maximum Gasteiger partial charge on any atom is -0.00465 e. The molecule has 0 rings (SSSR count). The van der Waals surface area contributed by atoms with Gasteiger partial charge in [-0.05, 0) is 89.6 Å². The first-order valence-electron chi connectivity index (χ1n) is 13.2. The van der Waals surface area contributed by atoms with Gasteiger partial charge in [-0.3, -0.25) is 0 Å². The first kappa shape index (κ1) is 28.9. The van der Waals surface area contributed by atoms with E-state index >= 15 is 0 Å². The molecule has 0 spiro atoms. The normalized spacial score (nSPS) is 11.8. The summed E-state index contributed by atoms with van der Waals surface area (Å²) < 4.78 is 0. The molecule has 0 unspecified atom stereocenters. The van der Waals surface area contributed by atoms with E-state index in [-0.39, 0.29) is 0 Å². The van der Waals surface area contributed by atoms with Gasteiger partial charge in [-0.15, -0.1) is 0 Å². The maximum atomic E-state index is 3.63. The molecule has 29 heavy (non-hydrogen) atoms. The summed E-state index contributed by atoms with van der Waals surface area (Å²) in [7, 11) is 0. The Bertz CT molecular complexity index is 264. The summed E-state index contributed by atoms with van der Waals surface area (Å²) in [6.45, 7) is 16.4. The molecule has 3 heteroatoms. The van der Waals surface area contributed by atoms with Crippen LogP contribution in [-0.4, -0.2) is 39.3 Å². The van der Waals surface area contributed by atoms with Crippen LogP contribution in [0.25, 0.3) is 0 Å². The average molecular weight is 412 g/mol. The Kier molecular flexibility index (Phi) is 24.1. The molecule has 3 N–H and O–H groups in total. The molecule has 0 aliphatic heterocycles. The molecule has 0 aliphatic carbocycles. The Morgan fingerprint density at radius 2 is 0.586 bits per heavy atom. The second-order valence-corrected chi connectivity index (χ2v) is 9.86. The van der Waals surface area contributed by atoms with Crippen LogP contribution in [0.1, 0.15) is 118 Å². The smallest absolute Gasteiger partial charge is 0.00465 e. The highest BCUT2D eigenvalue weighted by molar-refractivity contribution is 4.55. The third-order valence-corrected chi connectivity index (χ3v) is 5.71. The van der Waals surface area contributed by atoms with Gasteiger partial charge < -0.3 is 16.0 Å². The summed E-state index contributed by atoms with van der Waals surface area (Å²) in [5.41, 5.74) is 0. The summed E-state index contributed by atoms with van der Waals surface area (Å²) >= 11 is 0. The largest absolute Gasteiger partial charge is 0.317 e. The summed E-state index contributed by atoms with van der Waals surface area (Å²) in [5.74, 6) is 1.65. The topological polar surface area (TPSA) is 36.1 Å². The fourth-order valence-corrected chi connectivity index (χ4v) is 3.57. The van der Waals surface area contributed by atoms with Crippen LogP contribution in [0.2, 0.25) is 0 Å². The summed E-state index contributed by atoms with van der Waals surface area (Å²) in [4.78, 5) is 0. The number of rotatable bonds is 24. The van der Waals surface area contributed by atoms with Crippen LogP contribution >= 0.6 is 0 Å². The zero-order chi connectivity index (χ0) is 21.4. The molecule has 0 atom stereocenters. The lowest BCUT2D eigenvalue weighted by molar-refractivity contribution is 0.509. The zero-order valence-corrected chi connectivity index (χ0v) is 20.8. The van der Waals surface area contributed by atoms with Gasteiger partial charge in [0, 0.05) is 0 Å². The molecular weight excluding hydrogens is 354 g/mol. The predicted molar refractivity (Wildman–Crippen MR) is 133 cm³/mol. The molecule has 0 saturated heterocycles. The molecular formula is C26H57N3. The fourth-order valence-electron chi connectivity index (χ4n) is 3.57. The van der Waals surface area contributed by atoms with Crippen LogP contribution in [-0.2, 0) is 0 Å². The van der Waals surface area contributed by atoms with E-state index < -0.39 is 0 Å². The average Bonchev–Trinajstić information content (AvgIpc) is 2.68. The molecule has 0 heterocycles. The lowest BCUT2D eigenvalue weighted by Gasteiger charge is -2.07. The van der Waals surface area contributed by atoms with Gasteiger partial charge in [-0.25, -0.2) is 0 Å². The van der Waals surface area contributed by atoms with Crippen LogP contribution in [0, 0.1) is 11.8 Å². The Labute approximate surface area is 185 Å². The molecule has 0 fully saturated rings. The van der Waals surface area contributed by atoms with Gasteiger partial charge in [0.1, 0.15) is 0 Å². The van der Waals surface area contributed by atoms with Gasteiger partial charge >= 0.3 is 0 Å². The second-order valence-electron chi connectivity index (χ2n) is 9.86. The van der Waals surface area contributed by atoms with E-state index in [1.54, 1.807) is 0 Å². The highest BCUT2D eigenvalue weighted by Crippen LogP contribution is 2.06. The van der Waals surface area contributed by atoms with Crippen molar-refractivity contribution < 1.29 is 0 Å². The van der Waals surface area contributed by atoms with Gasteiger partial charge in [-0.2, -0.15) is 0 Å². The Morgan fingerprint density at radius 3 is 0.862 bits per heavy atom. The van der Waals surface area contributed by atoms with Gasteiger partial charge in [0.05, 0.1) is 0 Å². The minimum atomic E-state index is 0.827. The molecule has 176 valence electrons. The number of hydrogen-bond donors (Lipinski definition) is 3. The van der Waals surface area contributed by atoms with Crippen molar-refractivity contribution in [3.63, 3.8) is 0 Å². The highest BCUT2D eigenvalue weighted by atomic mass is 14.8. The Morgan fingerprint density at radius 1 is 0.345 bits per heavy atom. The molecule has 0 amide bonds. The van der Waals surface area contributed by atoms with Crippen LogP contribution in [0.5, 0.6) is 0 Å². The van der Waals surface area contributed by atoms with E-state index in [0.29, 0.717) is 0 Å². The molecule has 0 radical (unpaired) electrons. The third-order valence-electron chi connectivity index (χ3n) is 5.71. The van der Waals surface area contributed by atoms with Gasteiger partial charge in [0.15, 0.2) is 0 Å². The van der Waals surface area contributed by atoms with E-state index in [1.165, 1.54) is 129 Å². The molecule has 0 saturated carbocycles. The summed E-state index contributed by atoms with van der Waals surface area (Å²) in [5, 5.41) is 10.8. The lowest BCUT2D eigenvalue weighted by Crippen LogP contribution is -2.18. The van der Waals surface area contributed by atoms with Crippen molar-refractivity contribution >= 4 is 0 Å². The van der Waals surface area contributed by atoms with Gasteiger partial charge in [0.25, 0.3) is 0 Å². The van der Waals surface area contributed by atoms with E-state index in [4.69, 9.17) is 0 Å². The van der Waals surface area contributed by atoms with E-state index in [9.17, 15) is 0 Å². The van der Waals surface area contributed by atoms with Gasteiger partial charge in [-0.1, -0.05) is 79.1 Å². The minimum Gasteiger partial charge on any atom is -0.317 e. The van der Waals surface area contributed by atoms with Crippen LogP contribution in [0.15, 0.2) is 0 Å². The standard InChI is InChI=1S/C26H57N3/c1-25(2)17-23-28-21-15-11-7-5-9-13-19-27-20-14-10-6-8-12-16-22-29-24-18-26(3)4/h25-29H,5-24H2,1-4H3. The summed E-state index contributed by atoms with van der Waals surface area (Å²) in [6.07, 6.45) is 19.3. The molecule has 3 nitrogen and oxygen atoms in total. The molecule has 0 aliphatic rings. The monoisotopic (exact) mass is 411 g/mol. The van der Waals surface area contributed by atoms with Crippen molar-refractivity contribution in [2.24, 2.45) is 11.8 Å². The SMILES string of the molecule is CC(C)CCNCCCCCCCCNCCCCCCCCNCCC(C)C. The minimum absolute atomic E-state index is 0.827. The lowest BCUT2D eigenvalue weighted by atomic mass is 10.1. The zero-order valence-electron chi connectivity index (χ0n) is 20.8. The predicted octanol–water partition coefficient (Wildman–Crippen LogP) is 6.53. The third kappa shape index (κ3) is 27.9. The molecule has 0 bridgehead atoms. The number of hydrogen-bond acceptors (Lipinski definition) is 3. The fraction of sp³-hybridized carbons (Fsp3) is 1.00. The Balaban J connectivity index is 3.00. The van der Waals surface area contributed by atoms with Crippen molar-refractivity contribution in [2.75, 3.05) is 39.3 Å². The quantitative estimate of drug-likeness (QED) is 0.158. The molecule has 0 aromatic rings. The van der Waals surface area contributed by atoms with E-state index in [1.807, 2.05) is 0 Å². The van der Waals surface area contributed by atoms with Crippen molar-refractivity contribution in [1.82, 2.24) is 16.0 Å². The second kappa shape index (κ2) is 24.2. The van der Waals surface area contributed by atoms with Crippen LogP contribution in [0.4, 0.5) is 0 Å². The molecule has 0 aromatic heterocycles. The number of unbranched alkanes of at least 4 members (excludes halogenated alkanes) is 10.